The lowest BCUT2D eigenvalue weighted by Crippen LogP contribution is -1.89. The van der Waals surface area contributed by atoms with Crippen molar-refractivity contribution in [3.63, 3.8) is 0 Å². The molecule has 4 rings (SSSR count). The van der Waals surface area contributed by atoms with Gasteiger partial charge in [-0.25, -0.2) is 9.97 Å². The molecule has 5 nitrogen and oxygen atoms in total. The van der Waals surface area contributed by atoms with Crippen molar-refractivity contribution in [3.8, 4) is 17.0 Å². The third-order valence-electron chi connectivity index (χ3n) is 3.81. The van der Waals surface area contributed by atoms with Gasteiger partial charge in [0.1, 0.15) is 5.75 Å². The number of benzene rings is 1. The van der Waals surface area contributed by atoms with Gasteiger partial charge in [0.2, 0.25) is 5.78 Å². The minimum absolute atomic E-state index is 0.723. The molecule has 0 unspecified atom stereocenters. The summed E-state index contributed by atoms with van der Waals surface area (Å²) in [5.41, 5.74) is 4.22. The van der Waals surface area contributed by atoms with Gasteiger partial charge in [0.05, 0.1) is 23.5 Å². The molecule has 1 N–H and O–H groups in total. The van der Waals surface area contributed by atoms with Gasteiger partial charge < -0.3 is 10.1 Å². The first-order chi connectivity index (χ1) is 11.7. The number of thiophene rings is 1. The third-order valence-corrected chi connectivity index (χ3v) is 4.65. The van der Waals surface area contributed by atoms with Crippen molar-refractivity contribution >= 4 is 27.8 Å². The Morgan fingerprint density at radius 1 is 1.21 bits per heavy atom. The van der Waals surface area contributed by atoms with Crippen LogP contribution in [0.4, 0.5) is 10.7 Å². The van der Waals surface area contributed by atoms with E-state index in [0.29, 0.717) is 0 Å². The van der Waals surface area contributed by atoms with E-state index in [1.54, 1.807) is 24.6 Å². The molecule has 6 heteroatoms. The molecule has 0 fully saturated rings. The number of aryl methyl sites for hydroxylation is 1. The minimum atomic E-state index is 0.723. The van der Waals surface area contributed by atoms with Crippen molar-refractivity contribution in [2.75, 3.05) is 12.4 Å². The van der Waals surface area contributed by atoms with Crippen molar-refractivity contribution in [1.29, 1.82) is 0 Å². The number of ether oxygens (including phenoxy) is 1. The Kier molecular flexibility index (Phi) is 3.66. The molecular weight excluding hydrogens is 320 g/mol. The van der Waals surface area contributed by atoms with Gasteiger partial charge in [0.25, 0.3) is 0 Å². The van der Waals surface area contributed by atoms with Crippen LogP contribution in [0.15, 0.2) is 54.2 Å². The number of fused-ring (bicyclic) bond motifs is 1. The van der Waals surface area contributed by atoms with E-state index in [0.717, 1.165) is 39.2 Å². The SMILES string of the molecule is COc1ccc(Nc2cc(-c3c(C)nc4ncccn34)cs2)cc1. The first-order valence-corrected chi connectivity index (χ1v) is 8.42. The zero-order valence-electron chi connectivity index (χ0n) is 13.4. The quantitative estimate of drug-likeness (QED) is 0.595. The van der Waals surface area contributed by atoms with Gasteiger partial charge in [-0.15, -0.1) is 11.3 Å². The van der Waals surface area contributed by atoms with Gasteiger partial charge >= 0.3 is 0 Å². The Hall–Kier alpha value is -2.86. The molecule has 4 aromatic rings. The predicted molar refractivity (Wildman–Crippen MR) is 97.3 cm³/mol. The van der Waals surface area contributed by atoms with E-state index in [2.05, 4.69) is 26.7 Å². The van der Waals surface area contributed by atoms with Gasteiger partial charge in [0.15, 0.2) is 0 Å². The topological polar surface area (TPSA) is 51.5 Å². The number of methoxy groups -OCH3 is 1. The van der Waals surface area contributed by atoms with Crippen molar-refractivity contribution in [2.45, 2.75) is 6.92 Å². The summed E-state index contributed by atoms with van der Waals surface area (Å²) < 4.78 is 7.21. The smallest absolute Gasteiger partial charge is 0.234 e. The van der Waals surface area contributed by atoms with Crippen LogP contribution < -0.4 is 10.1 Å². The number of aromatic nitrogens is 3. The Bertz CT molecular complexity index is 988. The van der Waals surface area contributed by atoms with E-state index in [9.17, 15) is 0 Å². The van der Waals surface area contributed by atoms with Crippen LogP contribution in [0.5, 0.6) is 5.75 Å². The molecular formula is C18H16N4OS. The largest absolute Gasteiger partial charge is 0.497 e. The summed E-state index contributed by atoms with van der Waals surface area (Å²) in [5.74, 6) is 1.57. The van der Waals surface area contributed by atoms with Gasteiger partial charge in [-0.05, 0) is 43.3 Å². The molecule has 3 aromatic heterocycles. The summed E-state index contributed by atoms with van der Waals surface area (Å²) in [6.07, 6.45) is 3.75. The van der Waals surface area contributed by atoms with E-state index >= 15 is 0 Å². The number of anilines is 2. The van der Waals surface area contributed by atoms with Crippen LogP contribution in [0.3, 0.4) is 0 Å². The van der Waals surface area contributed by atoms with E-state index in [1.807, 2.05) is 47.9 Å². The highest BCUT2D eigenvalue weighted by molar-refractivity contribution is 7.14. The molecule has 0 aliphatic rings. The number of imidazole rings is 1. The molecule has 0 aliphatic heterocycles. The van der Waals surface area contributed by atoms with Crippen LogP contribution in [-0.4, -0.2) is 21.5 Å². The molecule has 24 heavy (non-hydrogen) atoms. The van der Waals surface area contributed by atoms with Gasteiger partial charge in [-0.1, -0.05) is 0 Å². The number of nitrogens with zero attached hydrogens (tertiary/aromatic N) is 3. The molecule has 3 heterocycles. The Balaban J connectivity index is 1.65. The summed E-state index contributed by atoms with van der Waals surface area (Å²) in [7, 11) is 1.67. The highest BCUT2D eigenvalue weighted by Gasteiger charge is 2.13. The Morgan fingerprint density at radius 2 is 2.04 bits per heavy atom. The van der Waals surface area contributed by atoms with Gasteiger partial charge in [0, 0.05) is 29.0 Å². The molecule has 1 aromatic carbocycles. The zero-order chi connectivity index (χ0) is 16.5. The molecule has 0 amide bonds. The molecule has 0 saturated carbocycles. The second-order valence-electron chi connectivity index (χ2n) is 5.39. The van der Waals surface area contributed by atoms with E-state index in [-0.39, 0.29) is 0 Å². The first-order valence-electron chi connectivity index (χ1n) is 7.54. The second-order valence-corrected chi connectivity index (χ2v) is 6.30. The molecule has 0 radical (unpaired) electrons. The highest BCUT2D eigenvalue weighted by atomic mass is 32.1. The fourth-order valence-corrected chi connectivity index (χ4v) is 3.49. The van der Waals surface area contributed by atoms with E-state index in [4.69, 9.17) is 4.74 Å². The van der Waals surface area contributed by atoms with Crippen LogP contribution in [-0.2, 0) is 0 Å². The minimum Gasteiger partial charge on any atom is -0.497 e. The van der Waals surface area contributed by atoms with Crippen LogP contribution in [0, 0.1) is 6.92 Å². The van der Waals surface area contributed by atoms with Gasteiger partial charge in [-0.2, -0.15) is 0 Å². The average Bonchev–Trinajstić information content (AvgIpc) is 3.18. The third kappa shape index (κ3) is 2.61. The summed E-state index contributed by atoms with van der Waals surface area (Å²) >= 11 is 1.67. The molecule has 0 aliphatic carbocycles. The van der Waals surface area contributed by atoms with Gasteiger partial charge in [-0.3, -0.25) is 4.40 Å². The molecule has 0 atom stereocenters. The summed E-state index contributed by atoms with van der Waals surface area (Å²) in [6, 6.07) is 11.9. The molecule has 0 bridgehead atoms. The number of nitrogens with one attached hydrogen (secondary N) is 1. The summed E-state index contributed by atoms with van der Waals surface area (Å²) in [5, 5.41) is 6.63. The Labute approximate surface area is 143 Å². The van der Waals surface area contributed by atoms with Crippen LogP contribution in [0.2, 0.25) is 0 Å². The highest BCUT2D eigenvalue weighted by Crippen LogP contribution is 2.33. The van der Waals surface area contributed by atoms with Crippen molar-refractivity contribution in [2.24, 2.45) is 0 Å². The predicted octanol–water partition coefficient (Wildman–Crippen LogP) is 4.52. The van der Waals surface area contributed by atoms with Crippen molar-refractivity contribution in [1.82, 2.24) is 14.4 Å². The standard InChI is InChI=1S/C18H16N4OS/c1-12-17(22-9-3-8-19-18(22)20-12)13-10-16(24-11-13)21-14-4-6-15(23-2)7-5-14/h3-11,21H,1-2H3. The van der Waals surface area contributed by atoms with Crippen molar-refractivity contribution in [3.05, 3.63) is 59.9 Å². The van der Waals surface area contributed by atoms with E-state index in [1.165, 1.54) is 0 Å². The summed E-state index contributed by atoms with van der Waals surface area (Å²) in [4.78, 5) is 8.83. The number of hydrogen-bond donors (Lipinski definition) is 1. The molecule has 0 saturated heterocycles. The summed E-state index contributed by atoms with van der Waals surface area (Å²) in [6.45, 7) is 2.01. The number of hydrogen-bond acceptors (Lipinski definition) is 5. The molecule has 0 spiro atoms. The normalized spacial score (nSPS) is 10.9. The average molecular weight is 336 g/mol. The fourth-order valence-electron chi connectivity index (χ4n) is 2.69. The monoisotopic (exact) mass is 336 g/mol. The number of rotatable bonds is 4. The first kappa shape index (κ1) is 14.7. The lowest BCUT2D eigenvalue weighted by atomic mass is 10.2. The van der Waals surface area contributed by atoms with Crippen molar-refractivity contribution < 1.29 is 4.74 Å². The molecule has 120 valence electrons. The fraction of sp³-hybridized carbons (Fsp3) is 0.111. The van der Waals surface area contributed by atoms with E-state index < -0.39 is 0 Å². The second kappa shape index (κ2) is 5.98. The Morgan fingerprint density at radius 3 is 2.83 bits per heavy atom. The van der Waals surface area contributed by atoms with Crippen LogP contribution >= 0.6 is 11.3 Å². The van der Waals surface area contributed by atoms with Crippen LogP contribution in [0.25, 0.3) is 17.0 Å². The lowest BCUT2D eigenvalue weighted by Gasteiger charge is -2.04. The zero-order valence-corrected chi connectivity index (χ0v) is 14.2. The van der Waals surface area contributed by atoms with Crippen LogP contribution in [0.1, 0.15) is 5.69 Å². The maximum atomic E-state index is 5.19. The maximum absolute atomic E-state index is 5.19. The maximum Gasteiger partial charge on any atom is 0.234 e. The lowest BCUT2D eigenvalue weighted by molar-refractivity contribution is 0.415.